The van der Waals surface area contributed by atoms with Gasteiger partial charge >= 0.3 is 0 Å². The molecule has 1 atom stereocenters. The van der Waals surface area contributed by atoms with Crippen molar-refractivity contribution in [2.75, 3.05) is 11.9 Å². The van der Waals surface area contributed by atoms with E-state index in [2.05, 4.69) is 10.2 Å². The first-order valence-corrected chi connectivity index (χ1v) is 4.62. The van der Waals surface area contributed by atoms with Gasteiger partial charge in [-0.3, -0.25) is 4.79 Å². The van der Waals surface area contributed by atoms with Gasteiger partial charge in [-0.05, 0) is 17.7 Å². The number of benzene rings is 1. The summed E-state index contributed by atoms with van der Waals surface area (Å²) in [4.78, 5) is 24.9. The second-order valence-corrected chi connectivity index (χ2v) is 3.09. The van der Waals surface area contributed by atoms with Gasteiger partial charge in [-0.15, -0.1) is 10.1 Å². The lowest BCUT2D eigenvalue weighted by Gasteiger charge is -2.14. The molecule has 8 nitrogen and oxygen atoms in total. The van der Waals surface area contributed by atoms with Crippen LogP contribution in [0.4, 0.5) is 5.69 Å². The minimum absolute atomic E-state index is 0.105. The second kappa shape index (κ2) is 5.66. The number of nitrogens with one attached hydrogen (secondary N) is 1. The molecule has 0 fully saturated rings. The minimum Gasteiger partial charge on any atom is -0.506 e. The van der Waals surface area contributed by atoms with Gasteiger partial charge in [-0.2, -0.15) is 0 Å². The van der Waals surface area contributed by atoms with Crippen LogP contribution >= 0.6 is 0 Å². The van der Waals surface area contributed by atoms with Crippen LogP contribution in [0.5, 0.6) is 5.75 Å². The first-order valence-electron chi connectivity index (χ1n) is 4.62. The van der Waals surface area contributed by atoms with Gasteiger partial charge in [0.2, 0.25) is 6.41 Å². The topological polar surface area (TPSA) is 128 Å². The molecule has 0 spiro atoms. The molecule has 1 aromatic carbocycles. The molecule has 17 heavy (non-hydrogen) atoms. The Balaban J connectivity index is 2.99. The van der Waals surface area contributed by atoms with Crippen LogP contribution in [0.15, 0.2) is 18.2 Å². The minimum atomic E-state index is -0.947. The standard InChI is InChI=1S/C9H11N3O5/c10-4-9(17-12(15)16)6-1-2-8(14)7(3-6)11-5-13/h1-3,5,9,14H,4,10H2,(H,11,13). The van der Waals surface area contributed by atoms with Gasteiger partial charge in [0, 0.05) is 6.54 Å². The van der Waals surface area contributed by atoms with Crippen LogP contribution in [0.2, 0.25) is 0 Å². The monoisotopic (exact) mass is 241 g/mol. The quantitative estimate of drug-likeness (QED) is 0.282. The van der Waals surface area contributed by atoms with Crippen LogP contribution in [0.1, 0.15) is 11.7 Å². The van der Waals surface area contributed by atoms with E-state index < -0.39 is 11.2 Å². The highest BCUT2D eigenvalue weighted by Crippen LogP contribution is 2.27. The van der Waals surface area contributed by atoms with Crippen molar-refractivity contribution < 1.29 is 19.8 Å². The lowest BCUT2D eigenvalue weighted by Crippen LogP contribution is -2.18. The van der Waals surface area contributed by atoms with E-state index in [0.29, 0.717) is 12.0 Å². The molecule has 4 N–H and O–H groups in total. The third-order valence-electron chi connectivity index (χ3n) is 2.03. The summed E-state index contributed by atoms with van der Waals surface area (Å²) in [7, 11) is 0. The molecule has 8 heteroatoms. The molecule has 0 aliphatic carbocycles. The van der Waals surface area contributed by atoms with Crippen molar-refractivity contribution in [3.63, 3.8) is 0 Å². The highest BCUT2D eigenvalue weighted by Gasteiger charge is 2.15. The van der Waals surface area contributed by atoms with Crippen molar-refractivity contribution in [3.8, 4) is 5.75 Å². The molecule has 1 aromatic rings. The number of aromatic hydroxyl groups is 1. The Labute approximate surface area is 96.1 Å². The molecule has 0 saturated heterocycles. The zero-order valence-corrected chi connectivity index (χ0v) is 8.70. The summed E-state index contributed by atoms with van der Waals surface area (Å²) in [6.45, 7) is -0.105. The third-order valence-corrected chi connectivity index (χ3v) is 2.03. The van der Waals surface area contributed by atoms with Crippen molar-refractivity contribution in [1.82, 2.24) is 0 Å². The normalized spacial score (nSPS) is 11.6. The van der Waals surface area contributed by atoms with Gasteiger partial charge in [0.1, 0.15) is 11.9 Å². The first-order chi connectivity index (χ1) is 8.08. The Bertz CT molecular complexity index is 423. The van der Waals surface area contributed by atoms with Crippen LogP contribution < -0.4 is 11.1 Å². The Hall–Kier alpha value is -2.35. The fourth-order valence-corrected chi connectivity index (χ4v) is 1.28. The van der Waals surface area contributed by atoms with E-state index in [4.69, 9.17) is 5.73 Å². The number of phenolic OH excluding ortho intramolecular Hbond substituents is 1. The van der Waals surface area contributed by atoms with Gasteiger partial charge in [-0.1, -0.05) is 6.07 Å². The van der Waals surface area contributed by atoms with E-state index in [9.17, 15) is 20.0 Å². The smallest absolute Gasteiger partial charge is 0.295 e. The molecule has 1 unspecified atom stereocenters. The molecule has 0 aliphatic rings. The van der Waals surface area contributed by atoms with Crippen molar-refractivity contribution >= 4 is 12.1 Å². The van der Waals surface area contributed by atoms with E-state index in [-0.39, 0.29) is 18.0 Å². The maximum atomic E-state index is 10.3. The molecular formula is C9H11N3O5. The predicted octanol–water partition coefficient (Wildman–Crippen LogP) is 0.169. The number of carbonyl (C=O) groups excluding carboxylic acids is 1. The highest BCUT2D eigenvalue weighted by atomic mass is 17.0. The van der Waals surface area contributed by atoms with E-state index in [1.807, 2.05) is 0 Å². The van der Waals surface area contributed by atoms with Crippen LogP contribution in [0.25, 0.3) is 0 Å². The first kappa shape index (κ1) is 12.7. The van der Waals surface area contributed by atoms with E-state index in [0.717, 1.165) is 0 Å². The summed E-state index contributed by atoms with van der Waals surface area (Å²) in [6.07, 6.45) is -0.567. The average Bonchev–Trinajstić information content (AvgIpc) is 2.29. The van der Waals surface area contributed by atoms with Gasteiger partial charge < -0.3 is 21.0 Å². The van der Waals surface area contributed by atoms with Crippen LogP contribution in [0, 0.1) is 10.1 Å². The molecule has 0 aromatic heterocycles. The number of rotatable bonds is 6. The van der Waals surface area contributed by atoms with Crippen LogP contribution in [0.3, 0.4) is 0 Å². The maximum Gasteiger partial charge on any atom is 0.295 e. The highest BCUT2D eigenvalue weighted by molar-refractivity contribution is 5.75. The Morgan fingerprint density at radius 1 is 1.65 bits per heavy atom. The molecule has 0 heterocycles. The Morgan fingerprint density at radius 2 is 2.35 bits per heavy atom. The van der Waals surface area contributed by atoms with Gasteiger partial charge in [0.25, 0.3) is 5.09 Å². The van der Waals surface area contributed by atoms with Gasteiger partial charge in [0.15, 0.2) is 0 Å². The third kappa shape index (κ3) is 3.31. The molecule has 0 radical (unpaired) electrons. The van der Waals surface area contributed by atoms with Crippen molar-refractivity contribution in [1.29, 1.82) is 0 Å². The largest absolute Gasteiger partial charge is 0.506 e. The van der Waals surface area contributed by atoms with Gasteiger partial charge in [0.05, 0.1) is 5.69 Å². The lowest BCUT2D eigenvalue weighted by molar-refractivity contribution is -0.770. The van der Waals surface area contributed by atoms with Crippen LogP contribution in [-0.2, 0) is 9.63 Å². The number of amides is 1. The number of carbonyl (C=O) groups is 1. The summed E-state index contributed by atoms with van der Waals surface area (Å²) in [5.41, 5.74) is 5.84. The summed E-state index contributed by atoms with van der Waals surface area (Å²) in [5.74, 6) is -0.155. The SMILES string of the molecule is NCC(O[N+](=O)[O-])c1ccc(O)c(NC=O)c1. The van der Waals surface area contributed by atoms with E-state index in [1.54, 1.807) is 0 Å². The maximum absolute atomic E-state index is 10.3. The second-order valence-electron chi connectivity index (χ2n) is 3.09. The Kier molecular flexibility index (Phi) is 4.23. The zero-order valence-electron chi connectivity index (χ0n) is 8.70. The Morgan fingerprint density at radius 3 is 2.88 bits per heavy atom. The molecular weight excluding hydrogens is 230 g/mol. The van der Waals surface area contributed by atoms with E-state index in [1.165, 1.54) is 18.2 Å². The summed E-state index contributed by atoms with van der Waals surface area (Å²) in [5, 5.41) is 20.9. The van der Waals surface area contributed by atoms with Crippen LogP contribution in [-0.4, -0.2) is 23.1 Å². The van der Waals surface area contributed by atoms with E-state index >= 15 is 0 Å². The fraction of sp³-hybridized carbons (Fsp3) is 0.222. The number of nitrogens with two attached hydrogens (primary N) is 1. The summed E-state index contributed by atoms with van der Waals surface area (Å²) >= 11 is 0. The fourth-order valence-electron chi connectivity index (χ4n) is 1.28. The summed E-state index contributed by atoms with van der Waals surface area (Å²) < 4.78 is 0. The number of hydrogen-bond acceptors (Lipinski definition) is 6. The number of hydrogen-bond donors (Lipinski definition) is 3. The predicted molar refractivity (Wildman–Crippen MR) is 57.7 cm³/mol. The zero-order chi connectivity index (χ0) is 12.8. The molecule has 0 aliphatic heterocycles. The number of nitrogens with zero attached hydrogens (tertiary/aromatic N) is 1. The molecule has 1 rings (SSSR count). The lowest BCUT2D eigenvalue weighted by atomic mass is 10.1. The number of phenols is 1. The molecule has 0 bridgehead atoms. The summed E-state index contributed by atoms with van der Waals surface area (Å²) in [6, 6.07) is 4.06. The molecule has 1 amide bonds. The van der Waals surface area contributed by atoms with Crippen molar-refractivity contribution in [2.24, 2.45) is 5.73 Å². The number of anilines is 1. The van der Waals surface area contributed by atoms with Gasteiger partial charge in [-0.25, -0.2) is 0 Å². The van der Waals surface area contributed by atoms with Crippen molar-refractivity contribution in [3.05, 3.63) is 33.9 Å². The molecule has 0 saturated carbocycles. The van der Waals surface area contributed by atoms with Crippen molar-refractivity contribution in [2.45, 2.75) is 6.10 Å². The average molecular weight is 241 g/mol. The molecule has 92 valence electrons.